The summed E-state index contributed by atoms with van der Waals surface area (Å²) in [6.45, 7) is 3.73. The molecule has 176 valence electrons. The van der Waals surface area contributed by atoms with Crippen LogP contribution in [-0.2, 0) is 10.3 Å². The highest BCUT2D eigenvalue weighted by Gasteiger charge is 2.38. The van der Waals surface area contributed by atoms with Crippen molar-refractivity contribution in [3.63, 3.8) is 0 Å². The Labute approximate surface area is 209 Å². The van der Waals surface area contributed by atoms with Gasteiger partial charge in [0, 0.05) is 41.1 Å². The van der Waals surface area contributed by atoms with E-state index in [2.05, 4.69) is 47.4 Å². The number of hydrogen-bond acceptors (Lipinski definition) is 6. The van der Waals surface area contributed by atoms with Crippen LogP contribution in [0.3, 0.4) is 0 Å². The maximum Gasteiger partial charge on any atom is 0.231 e. The Bertz CT molecular complexity index is 1380. The molecular formula is C28H27N5OS. The summed E-state index contributed by atoms with van der Waals surface area (Å²) in [4.78, 5) is 23.3. The molecular weight excluding hydrogens is 454 g/mol. The number of thiophene rings is 1. The van der Waals surface area contributed by atoms with E-state index in [1.54, 1.807) is 18.4 Å². The first-order valence-corrected chi connectivity index (χ1v) is 12.5. The third-order valence-electron chi connectivity index (χ3n) is 6.76. The van der Waals surface area contributed by atoms with E-state index in [1.807, 2.05) is 37.3 Å². The lowest BCUT2D eigenvalue weighted by Crippen LogP contribution is -2.47. The third kappa shape index (κ3) is 4.33. The zero-order chi connectivity index (χ0) is 24.6. The molecule has 0 aliphatic carbocycles. The summed E-state index contributed by atoms with van der Waals surface area (Å²) in [5, 5.41) is 9.46. The number of hydrogen-bond donors (Lipinski definition) is 1. The standard InChI is InChI=1S/C28H27N5OS/c1-28(17-25(34)32(2)27(30)31-28)24-16-23(21-8-6-7-19(15-21)18-29)26(35-24)20-11-13-33(14-12-20)22-9-4-3-5-10-22/h3-11,15-16H,12-14,17H2,1-2H3,(H2,30,31)/t28-/m1/s1. The van der Waals surface area contributed by atoms with Crippen molar-refractivity contribution in [3.05, 3.63) is 82.1 Å². The molecule has 5 rings (SSSR count). The van der Waals surface area contributed by atoms with Gasteiger partial charge in [-0.25, -0.2) is 4.99 Å². The number of aliphatic imine (C=N–C) groups is 1. The molecule has 0 spiro atoms. The van der Waals surface area contributed by atoms with E-state index in [-0.39, 0.29) is 18.3 Å². The zero-order valence-electron chi connectivity index (χ0n) is 19.9. The van der Waals surface area contributed by atoms with Gasteiger partial charge in [0.25, 0.3) is 0 Å². The number of guanidine groups is 1. The second-order valence-corrected chi connectivity index (χ2v) is 10.2. The first-order chi connectivity index (χ1) is 16.9. The molecule has 2 aliphatic heterocycles. The molecule has 1 amide bonds. The van der Waals surface area contributed by atoms with Crippen molar-refractivity contribution in [1.29, 1.82) is 5.26 Å². The van der Waals surface area contributed by atoms with Crippen molar-refractivity contribution in [2.45, 2.75) is 25.3 Å². The molecule has 0 radical (unpaired) electrons. The van der Waals surface area contributed by atoms with Crippen molar-refractivity contribution >= 4 is 34.5 Å². The number of nitriles is 1. The number of benzene rings is 2. The summed E-state index contributed by atoms with van der Waals surface area (Å²) in [6.07, 6.45) is 3.47. The molecule has 2 N–H and O–H groups in total. The Morgan fingerprint density at radius 3 is 2.63 bits per heavy atom. The smallest absolute Gasteiger partial charge is 0.231 e. The Kier molecular flexibility index (Phi) is 5.91. The Balaban J connectivity index is 1.58. The summed E-state index contributed by atoms with van der Waals surface area (Å²) in [6, 6.07) is 22.5. The summed E-state index contributed by atoms with van der Waals surface area (Å²) in [7, 11) is 1.66. The van der Waals surface area contributed by atoms with Gasteiger partial charge in [0.05, 0.1) is 18.1 Å². The molecule has 1 aromatic heterocycles. The molecule has 3 aromatic rings. The van der Waals surface area contributed by atoms with Crippen LogP contribution < -0.4 is 10.6 Å². The highest BCUT2D eigenvalue weighted by atomic mass is 32.1. The molecule has 3 heterocycles. The van der Waals surface area contributed by atoms with E-state index in [9.17, 15) is 10.1 Å². The molecule has 0 bridgehead atoms. The molecule has 35 heavy (non-hydrogen) atoms. The molecule has 0 fully saturated rings. The van der Waals surface area contributed by atoms with Crippen LogP contribution in [0.2, 0.25) is 0 Å². The van der Waals surface area contributed by atoms with Gasteiger partial charge < -0.3 is 10.6 Å². The first-order valence-electron chi connectivity index (χ1n) is 11.6. The topological polar surface area (TPSA) is 85.7 Å². The van der Waals surface area contributed by atoms with Crippen LogP contribution in [0.4, 0.5) is 5.69 Å². The normalized spacial score (nSPS) is 20.3. The number of para-hydroxylation sites is 1. The minimum atomic E-state index is -0.719. The molecule has 7 heteroatoms. The summed E-state index contributed by atoms with van der Waals surface area (Å²) >= 11 is 1.68. The zero-order valence-corrected chi connectivity index (χ0v) is 20.7. The van der Waals surface area contributed by atoms with Crippen molar-refractivity contribution in [2.24, 2.45) is 10.7 Å². The number of carbonyl (C=O) groups excluding carboxylic acids is 1. The van der Waals surface area contributed by atoms with Gasteiger partial charge in [-0.3, -0.25) is 9.69 Å². The highest BCUT2D eigenvalue weighted by molar-refractivity contribution is 7.13. The van der Waals surface area contributed by atoms with E-state index in [0.717, 1.165) is 35.5 Å². The predicted octanol–water partition coefficient (Wildman–Crippen LogP) is 4.97. The van der Waals surface area contributed by atoms with Crippen molar-refractivity contribution < 1.29 is 4.79 Å². The maximum absolute atomic E-state index is 12.6. The largest absolute Gasteiger partial charge is 0.369 e. The quantitative estimate of drug-likeness (QED) is 0.570. The lowest BCUT2D eigenvalue weighted by atomic mass is 9.92. The lowest BCUT2D eigenvalue weighted by Gasteiger charge is -2.32. The maximum atomic E-state index is 12.6. The van der Waals surface area contributed by atoms with Gasteiger partial charge >= 0.3 is 0 Å². The minimum Gasteiger partial charge on any atom is -0.369 e. The average molecular weight is 482 g/mol. The van der Waals surface area contributed by atoms with Gasteiger partial charge in [-0.05, 0) is 54.8 Å². The summed E-state index contributed by atoms with van der Waals surface area (Å²) in [5.74, 6) is 0.195. The van der Waals surface area contributed by atoms with E-state index in [4.69, 9.17) is 10.7 Å². The molecule has 0 saturated carbocycles. The lowest BCUT2D eigenvalue weighted by molar-refractivity contribution is -0.128. The Morgan fingerprint density at radius 1 is 1.14 bits per heavy atom. The molecule has 0 unspecified atom stereocenters. The van der Waals surface area contributed by atoms with Crippen LogP contribution in [0.5, 0.6) is 0 Å². The fourth-order valence-corrected chi connectivity index (χ4v) is 6.00. The molecule has 1 atom stereocenters. The molecule has 2 aliphatic rings. The van der Waals surface area contributed by atoms with Crippen molar-refractivity contribution in [2.75, 3.05) is 25.0 Å². The molecule has 2 aromatic carbocycles. The van der Waals surface area contributed by atoms with Gasteiger partial charge in [0.1, 0.15) is 5.54 Å². The molecule has 6 nitrogen and oxygen atoms in total. The van der Waals surface area contributed by atoms with Crippen LogP contribution in [-0.4, -0.2) is 36.9 Å². The number of nitrogens with zero attached hydrogens (tertiary/aromatic N) is 4. The fourth-order valence-electron chi connectivity index (χ4n) is 4.66. The van der Waals surface area contributed by atoms with E-state index >= 15 is 0 Å². The minimum absolute atomic E-state index is 0.0432. The highest BCUT2D eigenvalue weighted by Crippen LogP contribution is 2.45. The van der Waals surface area contributed by atoms with Crippen LogP contribution in [0, 0.1) is 11.3 Å². The number of carbonyl (C=O) groups is 1. The second-order valence-electron chi connectivity index (χ2n) is 9.18. The van der Waals surface area contributed by atoms with Crippen LogP contribution >= 0.6 is 11.3 Å². The summed E-state index contributed by atoms with van der Waals surface area (Å²) < 4.78 is 0. The van der Waals surface area contributed by atoms with Crippen molar-refractivity contribution in [3.8, 4) is 17.2 Å². The third-order valence-corrected chi connectivity index (χ3v) is 8.23. The number of rotatable bonds is 4. The van der Waals surface area contributed by atoms with Gasteiger partial charge in [0.15, 0.2) is 5.96 Å². The van der Waals surface area contributed by atoms with Crippen LogP contribution in [0.1, 0.15) is 35.1 Å². The van der Waals surface area contributed by atoms with E-state index in [1.165, 1.54) is 21.0 Å². The van der Waals surface area contributed by atoms with Gasteiger partial charge in [-0.2, -0.15) is 5.26 Å². The average Bonchev–Trinajstić information content (AvgIpc) is 3.35. The first kappa shape index (κ1) is 22.9. The van der Waals surface area contributed by atoms with Gasteiger partial charge in [-0.15, -0.1) is 11.3 Å². The van der Waals surface area contributed by atoms with Crippen molar-refractivity contribution in [1.82, 2.24) is 4.90 Å². The fraction of sp³-hybridized carbons (Fsp3) is 0.250. The Morgan fingerprint density at radius 2 is 1.94 bits per heavy atom. The Hall–Kier alpha value is -3.89. The summed E-state index contributed by atoms with van der Waals surface area (Å²) in [5.41, 5.74) is 10.6. The number of nitrogens with two attached hydrogens (primary N) is 1. The van der Waals surface area contributed by atoms with E-state index in [0.29, 0.717) is 5.56 Å². The van der Waals surface area contributed by atoms with Crippen LogP contribution in [0.15, 0.2) is 71.7 Å². The second kappa shape index (κ2) is 9.05. The predicted molar refractivity (Wildman–Crippen MR) is 142 cm³/mol. The number of amides is 1. The van der Waals surface area contributed by atoms with Gasteiger partial charge in [0.2, 0.25) is 5.91 Å². The SMILES string of the molecule is CN1C(=O)C[C@](C)(c2cc(-c3cccc(C#N)c3)c(C3=CCN(c4ccccc4)CC3)s2)N=C1N. The monoisotopic (exact) mass is 481 g/mol. The van der Waals surface area contributed by atoms with Gasteiger partial charge in [-0.1, -0.05) is 36.4 Å². The van der Waals surface area contributed by atoms with E-state index < -0.39 is 5.54 Å². The van der Waals surface area contributed by atoms with Crippen LogP contribution in [0.25, 0.3) is 16.7 Å². The number of anilines is 1. The molecule has 0 saturated heterocycles.